The SMILES string of the molecule is CCSCCC1(CN)CCCC(C)C1. The van der Waals surface area contributed by atoms with Crippen molar-refractivity contribution in [1.29, 1.82) is 0 Å². The average molecular weight is 215 g/mol. The smallest absolute Gasteiger partial charge is 0.00201 e. The molecule has 0 radical (unpaired) electrons. The highest BCUT2D eigenvalue weighted by molar-refractivity contribution is 7.99. The van der Waals surface area contributed by atoms with E-state index in [1.807, 2.05) is 0 Å². The molecule has 0 saturated heterocycles. The highest BCUT2D eigenvalue weighted by atomic mass is 32.2. The van der Waals surface area contributed by atoms with Crippen molar-refractivity contribution >= 4 is 11.8 Å². The van der Waals surface area contributed by atoms with Gasteiger partial charge in [-0.25, -0.2) is 0 Å². The molecule has 1 aliphatic carbocycles. The molecule has 2 atom stereocenters. The molecule has 2 unspecified atom stereocenters. The third-order valence-corrected chi connectivity index (χ3v) is 4.50. The van der Waals surface area contributed by atoms with Gasteiger partial charge in [0.25, 0.3) is 0 Å². The van der Waals surface area contributed by atoms with Crippen LogP contribution in [0.3, 0.4) is 0 Å². The quantitative estimate of drug-likeness (QED) is 0.712. The molecule has 0 heterocycles. The van der Waals surface area contributed by atoms with E-state index in [4.69, 9.17) is 5.73 Å². The molecule has 0 amide bonds. The second-order valence-electron chi connectivity index (χ2n) is 4.85. The van der Waals surface area contributed by atoms with Gasteiger partial charge in [0.05, 0.1) is 0 Å². The monoisotopic (exact) mass is 215 g/mol. The number of rotatable bonds is 5. The van der Waals surface area contributed by atoms with E-state index in [0.29, 0.717) is 5.41 Å². The van der Waals surface area contributed by atoms with Crippen LogP contribution >= 0.6 is 11.8 Å². The highest BCUT2D eigenvalue weighted by Crippen LogP contribution is 2.41. The second-order valence-corrected chi connectivity index (χ2v) is 6.25. The van der Waals surface area contributed by atoms with Crippen molar-refractivity contribution in [3.05, 3.63) is 0 Å². The van der Waals surface area contributed by atoms with Crippen LogP contribution in [0.2, 0.25) is 0 Å². The first kappa shape index (κ1) is 12.4. The van der Waals surface area contributed by atoms with Crippen molar-refractivity contribution in [1.82, 2.24) is 0 Å². The number of nitrogens with two attached hydrogens (primary N) is 1. The van der Waals surface area contributed by atoms with Gasteiger partial charge in [-0.05, 0) is 48.6 Å². The van der Waals surface area contributed by atoms with E-state index in [2.05, 4.69) is 25.6 Å². The van der Waals surface area contributed by atoms with E-state index in [-0.39, 0.29) is 0 Å². The Morgan fingerprint density at radius 2 is 2.29 bits per heavy atom. The molecule has 1 rings (SSSR count). The average Bonchev–Trinajstić information content (AvgIpc) is 2.18. The van der Waals surface area contributed by atoms with Crippen LogP contribution in [0.5, 0.6) is 0 Å². The molecule has 0 aromatic rings. The number of thioether (sulfide) groups is 1. The zero-order valence-corrected chi connectivity index (χ0v) is 10.5. The van der Waals surface area contributed by atoms with Crippen LogP contribution in [-0.2, 0) is 0 Å². The van der Waals surface area contributed by atoms with E-state index in [9.17, 15) is 0 Å². The lowest BCUT2D eigenvalue weighted by molar-refractivity contribution is 0.150. The third-order valence-electron chi connectivity index (χ3n) is 3.60. The van der Waals surface area contributed by atoms with E-state index < -0.39 is 0 Å². The highest BCUT2D eigenvalue weighted by Gasteiger charge is 2.32. The molecule has 1 aliphatic rings. The van der Waals surface area contributed by atoms with Crippen molar-refractivity contribution in [3.63, 3.8) is 0 Å². The van der Waals surface area contributed by atoms with Crippen LogP contribution in [0.25, 0.3) is 0 Å². The summed E-state index contributed by atoms with van der Waals surface area (Å²) in [6, 6.07) is 0. The zero-order chi connectivity index (χ0) is 10.4. The maximum absolute atomic E-state index is 5.97. The van der Waals surface area contributed by atoms with Crippen LogP contribution in [0.15, 0.2) is 0 Å². The van der Waals surface area contributed by atoms with Crippen LogP contribution in [-0.4, -0.2) is 18.1 Å². The minimum Gasteiger partial charge on any atom is -0.330 e. The molecule has 2 heteroatoms. The molecule has 1 nitrogen and oxygen atoms in total. The van der Waals surface area contributed by atoms with Crippen LogP contribution in [0, 0.1) is 11.3 Å². The summed E-state index contributed by atoms with van der Waals surface area (Å²) < 4.78 is 0. The van der Waals surface area contributed by atoms with Gasteiger partial charge in [-0.2, -0.15) is 11.8 Å². The fraction of sp³-hybridized carbons (Fsp3) is 1.00. The van der Waals surface area contributed by atoms with Gasteiger partial charge < -0.3 is 5.73 Å². The molecule has 0 aromatic heterocycles. The lowest BCUT2D eigenvalue weighted by Gasteiger charge is -2.39. The van der Waals surface area contributed by atoms with Gasteiger partial charge in [-0.15, -0.1) is 0 Å². The van der Waals surface area contributed by atoms with Gasteiger partial charge in [0.2, 0.25) is 0 Å². The molecule has 14 heavy (non-hydrogen) atoms. The largest absolute Gasteiger partial charge is 0.330 e. The zero-order valence-electron chi connectivity index (χ0n) is 9.72. The molecule has 0 bridgehead atoms. The summed E-state index contributed by atoms with van der Waals surface area (Å²) in [5.74, 6) is 3.45. The lowest BCUT2D eigenvalue weighted by Crippen LogP contribution is -2.35. The standard InChI is InChI=1S/C12H25NS/c1-3-14-8-7-12(10-13)6-4-5-11(2)9-12/h11H,3-10,13H2,1-2H3. The van der Waals surface area contributed by atoms with E-state index in [1.54, 1.807) is 0 Å². The van der Waals surface area contributed by atoms with Gasteiger partial charge in [-0.3, -0.25) is 0 Å². The third kappa shape index (κ3) is 3.47. The molecule has 0 spiro atoms. The topological polar surface area (TPSA) is 26.0 Å². The van der Waals surface area contributed by atoms with E-state index >= 15 is 0 Å². The first-order valence-corrected chi connectivity index (χ1v) is 7.16. The predicted molar refractivity (Wildman–Crippen MR) is 66.7 cm³/mol. The Morgan fingerprint density at radius 3 is 2.86 bits per heavy atom. The molecule has 1 fully saturated rings. The Kier molecular flexibility index (Phi) is 5.32. The molecule has 0 aromatic carbocycles. The van der Waals surface area contributed by atoms with E-state index in [0.717, 1.165) is 12.5 Å². The van der Waals surface area contributed by atoms with Crippen molar-refractivity contribution in [2.45, 2.75) is 46.0 Å². The normalized spacial score (nSPS) is 33.2. The van der Waals surface area contributed by atoms with Crippen LogP contribution in [0.4, 0.5) is 0 Å². The maximum Gasteiger partial charge on any atom is -0.00201 e. The number of hydrogen-bond donors (Lipinski definition) is 1. The summed E-state index contributed by atoms with van der Waals surface area (Å²) in [4.78, 5) is 0. The van der Waals surface area contributed by atoms with Crippen LogP contribution in [0.1, 0.15) is 46.0 Å². The summed E-state index contributed by atoms with van der Waals surface area (Å²) in [5, 5.41) is 0. The van der Waals surface area contributed by atoms with E-state index in [1.165, 1.54) is 43.6 Å². The summed E-state index contributed by atoms with van der Waals surface area (Å²) in [7, 11) is 0. The minimum absolute atomic E-state index is 0.500. The molecule has 1 saturated carbocycles. The van der Waals surface area contributed by atoms with Crippen molar-refractivity contribution in [3.8, 4) is 0 Å². The molecule has 2 N–H and O–H groups in total. The Morgan fingerprint density at radius 1 is 1.50 bits per heavy atom. The van der Waals surface area contributed by atoms with Crippen molar-refractivity contribution < 1.29 is 0 Å². The van der Waals surface area contributed by atoms with Gasteiger partial charge >= 0.3 is 0 Å². The van der Waals surface area contributed by atoms with Gasteiger partial charge in [0.15, 0.2) is 0 Å². The first-order valence-electron chi connectivity index (χ1n) is 6.00. The number of hydrogen-bond acceptors (Lipinski definition) is 2. The van der Waals surface area contributed by atoms with Crippen LogP contribution < -0.4 is 5.73 Å². The Hall–Kier alpha value is 0.310. The van der Waals surface area contributed by atoms with Gasteiger partial charge in [0.1, 0.15) is 0 Å². The maximum atomic E-state index is 5.97. The van der Waals surface area contributed by atoms with Crippen molar-refractivity contribution in [2.24, 2.45) is 17.1 Å². The fourth-order valence-corrected chi connectivity index (χ4v) is 3.58. The Bertz CT molecular complexity index is 160. The lowest BCUT2D eigenvalue weighted by atomic mass is 9.68. The predicted octanol–water partition coefficient (Wildman–Crippen LogP) is 3.28. The molecular weight excluding hydrogens is 190 g/mol. The molecule has 0 aliphatic heterocycles. The minimum atomic E-state index is 0.500. The van der Waals surface area contributed by atoms with Crippen molar-refractivity contribution in [2.75, 3.05) is 18.1 Å². The molecule has 84 valence electrons. The summed E-state index contributed by atoms with van der Waals surface area (Å²) in [6.07, 6.45) is 6.90. The second kappa shape index (κ2) is 6.02. The Labute approximate surface area is 93.2 Å². The summed E-state index contributed by atoms with van der Waals surface area (Å²) in [6.45, 7) is 5.53. The van der Waals surface area contributed by atoms with Gasteiger partial charge in [0, 0.05) is 0 Å². The first-order chi connectivity index (χ1) is 6.72. The van der Waals surface area contributed by atoms with Gasteiger partial charge in [-0.1, -0.05) is 26.7 Å². The summed E-state index contributed by atoms with van der Waals surface area (Å²) >= 11 is 2.06. The Balaban J connectivity index is 2.39. The molecular formula is C12H25NS. The fourth-order valence-electron chi connectivity index (χ4n) is 2.72. The summed E-state index contributed by atoms with van der Waals surface area (Å²) in [5.41, 5.74) is 6.47.